The van der Waals surface area contributed by atoms with Crippen molar-refractivity contribution in [2.75, 3.05) is 41.5 Å². The Balaban J connectivity index is 2.24. The molecule has 0 radical (unpaired) electrons. The van der Waals surface area contributed by atoms with Crippen LogP contribution in [0.15, 0.2) is 0 Å². The highest BCUT2D eigenvalue weighted by Crippen LogP contribution is 2.56. The summed E-state index contributed by atoms with van der Waals surface area (Å²) in [5, 5.41) is 0. The lowest BCUT2D eigenvalue weighted by Crippen LogP contribution is -2.63. The minimum absolute atomic E-state index is 0.298. The van der Waals surface area contributed by atoms with Gasteiger partial charge in [0.05, 0.1) is 6.61 Å². The van der Waals surface area contributed by atoms with Crippen LogP contribution in [-0.2, 0) is 32.6 Å². The number of methoxy groups -OCH3 is 3. The molecule has 2 aliphatic heterocycles. The van der Waals surface area contributed by atoms with Crippen molar-refractivity contribution in [3.63, 3.8) is 0 Å². The summed E-state index contributed by atoms with van der Waals surface area (Å²) in [6, 6.07) is 0. The summed E-state index contributed by atoms with van der Waals surface area (Å²) in [7, 11) is 2.99. The first kappa shape index (κ1) is 17.3. The van der Waals surface area contributed by atoms with E-state index >= 15 is 0 Å². The van der Waals surface area contributed by atoms with E-state index in [1.54, 1.807) is 40.0 Å². The van der Waals surface area contributed by atoms with Gasteiger partial charge in [-0.2, -0.15) is 0 Å². The van der Waals surface area contributed by atoms with E-state index in [1.807, 2.05) is 0 Å². The van der Waals surface area contributed by atoms with Crippen molar-refractivity contribution in [1.29, 1.82) is 0 Å². The van der Waals surface area contributed by atoms with Gasteiger partial charge in [0.15, 0.2) is 6.29 Å². The van der Waals surface area contributed by atoms with Crippen LogP contribution >= 0.6 is 7.75 Å². The molecule has 2 rings (SSSR count). The Hall–Kier alpha value is -0.0500. The molecule has 0 aliphatic carbocycles. The predicted octanol–water partition coefficient (Wildman–Crippen LogP) is 0.863. The molecular formula is C12H24NO7P. The fraction of sp³-hybridized carbons (Fsp3) is 1.00. The van der Waals surface area contributed by atoms with Gasteiger partial charge >= 0.3 is 7.75 Å². The smallest absolute Gasteiger partial charge is 0.376 e. The van der Waals surface area contributed by atoms with Gasteiger partial charge in [-0.15, -0.1) is 0 Å². The van der Waals surface area contributed by atoms with Crippen molar-refractivity contribution in [1.82, 2.24) is 4.67 Å². The zero-order valence-electron chi connectivity index (χ0n) is 13.1. The zero-order valence-corrected chi connectivity index (χ0v) is 13.9. The van der Waals surface area contributed by atoms with E-state index in [-0.39, 0.29) is 6.10 Å². The lowest BCUT2D eigenvalue weighted by Gasteiger charge is -2.49. The molecule has 2 fully saturated rings. The Morgan fingerprint density at radius 1 is 1.19 bits per heavy atom. The van der Waals surface area contributed by atoms with Crippen LogP contribution in [0.1, 0.15) is 6.92 Å². The molecule has 0 aromatic carbocycles. The van der Waals surface area contributed by atoms with Crippen LogP contribution in [-0.4, -0.2) is 76.9 Å². The first-order valence-corrected chi connectivity index (χ1v) is 8.38. The first-order chi connectivity index (χ1) is 10.0. The summed E-state index contributed by atoms with van der Waals surface area (Å²) in [4.78, 5) is 0. The standard InChI is InChI=1S/C12H24NO7P/c1-6-18-21(14)13(2)7-8-9(20-21)10(15-3)11(16-4)12(17-5)19-8/h8-12H,6-7H2,1-5H3/t8-,9-,10+,11-,12+,21+/m1/s1. The van der Waals surface area contributed by atoms with Crippen LogP contribution in [0.25, 0.3) is 0 Å². The van der Waals surface area contributed by atoms with Crippen molar-refractivity contribution in [3.8, 4) is 0 Å². The molecule has 9 heteroatoms. The lowest BCUT2D eigenvalue weighted by atomic mass is 9.98. The van der Waals surface area contributed by atoms with Gasteiger partial charge in [0, 0.05) is 27.9 Å². The third-order valence-electron chi connectivity index (χ3n) is 3.78. The maximum atomic E-state index is 12.7. The van der Waals surface area contributed by atoms with Crippen LogP contribution in [0.5, 0.6) is 0 Å². The molecule has 0 unspecified atom stereocenters. The minimum atomic E-state index is -3.33. The van der Waals surface area contributed by atoms with E-state index in [9.17, 15) is 4.57 Å². The third-order valence-corrected chi connectivity index (χ3v) is 5.87. The molecule has 0 bridgehead atoms. The molecular weight excluding hydrogens is 301 g/mol. The minimum Gasteiger partial charge on any atom is -0.376 e. The quantitative estimate of drug-likeness (QED) is 0.689. The maximum Gasteiger partial charge on any atom is 0.408 e. The molecule has 0 aromatic rings. The van der Waals surface area contributed by atoms with Gasteiger partial charge in [0.1, 0.15) is 24.4 Å². The highest BCUT2D eigenvalue weighted by atomic mass is 31.2. The molecule has 2 saturated heterocycles. The number of nitrogens with zero attached hydrogens (tertiary/aromatic N) is 1. The Bertz CT molecular complexity index is 396. The van der Waals surface area contributed by atoms with Crippen molar-refractivity contribution in [3.05, 3.63) is 0 Å². The molecule has 6 atom stereocenters. The monoisotopic (exact) mass is 325 g/mol. The van der Waals surface area contributed by atoms with E-state index in [1.165, 1.54) is 0 Å². The van der Waals surface area contributed by atoms with Gasteiger partial charge in [-0.25, -0.2) is 9.24 Å². The predicted molar refractivity (Wildman–Crippen MR) is 74.0 cm³/mol. The van der Waals surface area contributed by atoms with Crippen LogP contribution in [0.3, 0.4) is 0 Å². The molecule has 8 nitrogen and oxygen atoms in total. The third kappa shape index (κ3) is 3.18. The largest absolute Gasteiger partial charge is 0.408 e. The SMILES string of the molecule is CCO[P@]1(=O)O[C@H]2[C@H](OC)[C@@H](OC)[C@@H](OC)O[C@@H]2CN1C. The summed E-state index contributed by atoms with van der Waals surface area (Å²) < 4.78 is 47.4. The van der Waals surface area contributed by atoms with Gasteiger partial charge in [0.2, 0.25) is 0 Å². The second-order valence-corrected chi connectivity index (χ2v) is 7.06. The molecule has 0 aromatic heterocycles. The molecule has 124 valence electrons. The fourth-order valence-electron chi connectivity index (χ4n) is 2.75. The number of ether oxygens (including phenoxy) is 4. The Morgan fingerprint density at radius 2 is 1.86 bits per heavy atom. The van der Waals surface area contributed by atoms with Crippen LogP contribution in [0, 0.1) is 0 Å². The molecule has 0 saturated carbocycles. The number of hydrogen-bond acceptors (Lipinski definition) is 7. The van der Waals surface area contributed by atoms with Crippen molar-refractivity contribution in [2.45, 2.75) is 37.6 Å². The van der Waals surface area contributed by atoms with Gasteiger partial charge < -0.3 is 18.9 Å². The average molecular weight is 325 g/mol. The zero-order chi connectivity index (χ0) is 15.6. The molecule has 0 spiro atoms. The summed E-state index contributed by atoms with van der Waals surface area (Å²) in [6.07, 6.45) is -2.37. The Labute approximate surface area is 125 Å². The van der Waals surface area contributed by atoms with E-state index in [4.69, 9.17) is 28.0 Å². The van der Waals surface area contributed by atoms with E-state index in [0.29, 0.717) is 13.2 Å². The van der Waals surface area contributed by atoms with Crippen molar-refractivity contribution in [2.24, 2.45) is 0 Å². The van der Waals surface area contributed by atoms with Crippen LogP contribution < -0.4 is 0 Å². The van der Waals surface area contributed by atoms with E-state index in [0.717, 1.165) is 0 Å². The first-order valence-electron chi connectivity index (χ1n) is 6.89. The number of hydrogen-bond donors (Lipinski definition) is 0. The van der Waals surface area contributed by atoms with Crippen LogP contribution in [0.2, 0.25) is 0 Å². The van der Waals surface area contributed by atoms with Gasteiger partial charge in [-0.05, 0) is 14.0 Å². The van der Waals surface area contributed by atoms with E-state index < -0.39 is 32.3 Å². The van der Waals surface area contributed by atoms with Gasteiger partial charge in [-0.1, -0.05) is 0 Å². The Kier molecular flexibility index (Phi) is 5.78. The van der Waals surface area contributed by atoms with Crippen LogP contribution in [0.4, 0.5) is 0 Å². The maximum absolute atomic E-state index is 12.7. The second-order valence-electron chi connectivity index (χ2n) is 4.98. The Morgan fingerprint density at radius 3 is 2.38 bits per heavy atom. The molecule has 0 amide bonds. The fourth-order valence-corrected chi connectivity index (χ4v) is 4.41. The summed E-state index contributed by atoms with van der Waals surface area (Å²) in [5.74, 6) is 0. The topological polar surface area (TPSA) is 75.7 Å². The summed E-state index contributed by atoms with van der Waals surface area (Å²) >= 11 is 0. The van der Waals surface area contributed by atoms with Crippen molar-refractivity contribution < 1.29 is 32.6 Å². The molecule has 2 aliphatic rings. The van der Waals surface area contributed by atoms with Gasteiger partial charge in [-0.3, -0.25) is 9.05 Å². The highest BCUT2D eigenvalue weighted by molar-refractivity contribution is 7.51. The molecule has 0 N–H and O–H groups in total. The van der Waals surface area contributed by atoms with Gasteiger partial charge in [0.25, 0.3) is 0 Å². The number of rotatable bonds is 5. The number of likely N-dealkylation sites (N-methyl/N-ethyl adjacent to an activating group) is 1. The molecule has 21 heavy (non-hydrogen) atoms. The van der Waals surface area contributed by atoms with Crippen molar-refractivity contribution >= 4 is 7.75 Å². The summed E-state index contributed by atoms with van der Waals surface area (Å²) in [5.41, 5.74) is 0. The summed E-state index contributed by atoms with van der Waals surface area (Å²) in [6.45, 7) is 2.47. The second kappa shape index (κ2) is 7.02. The average Bonchev–Trinajstić information content (AvgIpc) is 2.47. The highest BCUT2D eigenvalue weighted by Gasteiger charge is 2.55. The number of fused-ring (bicyclic) bond motifs is 1. The molecule has 2 heterocycles. The van der Waals surface area contributed by atoms with E-state index in [2.05, 4.69) is 0 Å². The lowest BCUT2D eigenvalue weighted by molar-refractivity contribution is -0.301. The normalized spacial score (nSPS) is 44.5.